The van der Waals surface area contributed by atoms with E-state index in [-0.39, 0.29) is 5.91 Å². The number of hydrogen-bond donors (Lipinski definition) is 0. The molecule has 1 amide bonds. The van der Waals surface area contributed by atoms with Gasteiger partial charge in [0.1, 0.15) is 0 Å². The number of likely N-dealkylation sites (N-methyl/N-ethyl adjacent to an activating group) is 1. The molecule has 0 aliphatic carbocycles. The molecule has 1 heterocycles. The minimum Gasteiger partial charge on any atom is -0.337 e. The summed E-state index contributed by atoms with van der Waals surface area (Å²) in [5.74, 6) is -0.164. The second kappa shape index (κ2) is 4.90. The van der Waals surface area contributed by atoms with Gasteiger partial charge in [-0.3, -0.25) is 4.79 Å². The summed E-state index contributed by atoms with van der Waals surface area (Å²) in [6.07, 6.45) is 1.26. The van der Waals surface area contributed by atoms with Gasteiger partial charge in [-0.25, -0.2) is 4.21 Å². The number of benzene rings is 1. The van der Waals surface area contributed by atoms with Crippen molar-refractivity contribution < 1.29 is 9.00 Å². The summed E-state index contributed by atoms with van der Waals surface area (Å²) in [6, 6.07) is 7.65. The Hall–Kier alpha value is -1.68. The molecule has 0 fully saturated rings. The molecule has 0 saturated carbocycles. The Labute approximate surface area is 109 Å². The fourth-order valence-electron chi connectivity index (χ4n) is 1.99. The van der Waals surface area contributed by atoms with Gasteiger partial charge in [0.15, 0.2) is 0 Å². The van der Waals surface area contributed by atoms with Gasteiger partial charge in [-0.1, -0.05) is 24.8 Å². The summed E-state index contributed by atoms with van der Waals surface area (Å²) in [5, 5.41) is 0. The number of carbonyl (C=O) groups is 1. The molecule has 1 unspecified atom stereocenters. The van der Waals surface area contributed by atoms with Crippen LogP contribution in [0.25, 0.3) is 5.57 Å². The van der Waals surface area contributed by atoms with Crippen molar-refractivity contribution >= 4 is 22.3 Å². The number of allylic oxidation sites excluding steroid dienone is 1. The molecule has 3 nitrogen and oxygen atoms in total. The third kappa shape index (κ3) is 2.04. The summed E-state index contributed by atoms with van der Waals surface area (Å²) in [6.45, 7) is 5.77. The zero-order chi connectivity index (χ0) is 13.3. The van der Waals surface area contributed by atoms with Crippen LogP contribution in [0, 0.1) is 0 Å². The van der Waals surface area contributed by atoms with Crippen LogP contribution >= 0.6 is 0 Å². The molecule has 1 aliphatic rings. The van der Waals surface area contributed by atoms with E-state index in [1.807, 2.05) is 31.2 Å². The Kier molecular flexibility index (Phi) is 3.48. The highest BCUT2D eigenvalue weighted by molar-refractivity contribution is 7.89. The normalized spacial score (nSPS) is 17.6. The molecule has 0 saturated heterocycles. The van der Waals surface area contributed by atoms with E-state index in [0.717, 1.165) is 20.9 Å². The minimum absolute atomic E-state index is 0.164. The fraction of sp³-hybridized carbons (Fsp3) is 0.214. The second-order valence-corrected chi connectivity index (χ2v) is 5.68. The number of carbonyl (C=O) groups excluding carboxylic acids is 1. The molecular formula is C14H15NO2S. The maximum absolute atomic E-state index is 12.3. The Bertz CT molecular complexity index is 575. The Morgan fingerprint density at radius 3 is 2.72 bits per heavy atom. The van der Waals surface area contributed by atoms with Gasteiger partial charge in [-0.05, 0) is 30.2 Å². The summed E-state index contributed by atoms with van der Waals surface area (Å²) in [5.41, 5.74) is 2.03. The van der Waals surface area contributed by atoms with Crippen LogP contribution < -0.4 is 0 Å². The molecule has 0 spiro atoms. The zero-order valence-electron chi connectivity index (χ0n) is 10.5. The Morgan fingerprint density at radius 2 is 2.11 bits per heavy atom. The van der Waals surface area contributed by atoms with Crippen molar-refractivity contribution in [1.82, 2.24) is 4.90 Å². The molecule has 0 radical (unpaired) electrons. The highest BCUT2D eigenvalue weighted by Crippen LogP contribution is 2.36. The lowest BCUT2D eigenvalue weighted by atomic mass is 10.1. The first-order valence-corrected chi connectivity index (χ1v) is 6.79. The van der Waals surface area contributed by atoms with Gasteiger partial charge >= 0.3 is 0 Å². The maximum atomic E-state index is 12.3. The molecule has 94 valence electrons. The predicted octanol–water partition coefficient (Wildman–Crippen LogP) is 2.18. The van der Waals surface area contributed by atoms with E-state index in [9.17, 15) is 9.00 Å². The van der Waals surface area contributed by atoms with E-state index in [1.54, 1.807) is 7.05 Å². The van der Waals surface area contributed by atoms with Crippen LogP contribution in [0.2, 0.25) is 0 Å². The lowest BCUT2D eigenvalue weighted by Crippen LogP contribution is -2.27. The van der Waals surface area contributed by atoms with Gasteiger partial charge in [0, 0.05) is 12.0 Å². The molecule has 18 heavy (non-hydrogen) atoms. The number of nitrogens with zero attached hydrogens (tertiary/aromatic N) is 1. The lowest BCUT2D eigenvalue weighted by Gasteiger charge is -2.15. The van der Waals surface area contributed by atoms with Gasteiger partial charge in [-0.15, -0.1) is 0 Å². The molecule has 1 aromatic carbocycles. The van der Waals surface area contributed by atoms with Gasteiger partial charge < -0.3 is 4.90 Å². The summed E-state index contributed by atoms with van der Waals surface area (Å²) in [4.78, 5) is 14.6. The highest BCUT2D eigenvalue weighted by atomic mass is 32.2. The average Bonchev–Trinajstić information content (AvgIpc) is 2.63. The number of amides is 1. The van der Waals surface area contributed by atoms with Crippen molar-refractivity contribution in [1.29, 1.82) is 0 Å². The van der Waals surface area contributed by atoms with Crippen LogP contribution in [0.3, 0.4) is 0 Å². The van der Waals surface area contributed by atoms with Crippen molar-refractivity contribution in [2.24, 2.45) is 0 Å². The van der Waals surface area contributed by atoms with Gasteiger partial charge in [-0.2, -0.15) is 0 Å². The molecular weight excluding hydrogens is 246 g/mol. The minimum atomic E-state index is -1.15. The van der Waals surface area contributed by atoms with E-state index in [2.05, 4.69) is 6.58 Å². The third-order valence-corrected chi connectivity index (χ3v) is 4.70. The number of fused-ring (bicyclic) bond motifs is 1. The van der Waals surface area contributed by atoms with Crippen LogP contribution in [-0.2, 0) is 15.6 Å². The van der Waals surface area contributed by atoms with E-state index < -0.39 is 10.8 Å². The van der Waals surface area contributed by atoms with E-state index >= 15 is 0 Å². The van der Waals surface area contributed by atoms with E-state index in [4.69, 9.17) is 0 Å². The average molecular weight is 261 g/mol. The largest absolute Gasteiger partial charge is 0.337 e. The van der Waals surface area contributed by atoms with Crippen LogP contribution in [0.15, 0.2) is 46.7 Å². The van der Waals surface area contributed by atoms with Crippen molar-refractivity contribution in [2.75, 3.05) is 13.6 Å². The second-order valence-electron chi connectivity index (χ2n) is 4.21. The molecule has 2 rings (SSSR count). The van der Waals surface area contributed by atoms with Gasteiger partial charge in [0.05, 0.1) is 22.2 Å². The van der Waals surface area contributed by atoms with Crippen molar-refractivity contribution in [2.45, 2.75) is 11.8 Å². The Morgan fingerprint density at radius 1 is 1.44 bits per heavy atom. The van der Waals surface area contributed by atoms with Crippen molar-refractivity contribution in [3.05, 3.63) is 47.4 Å². The summed E-state index contributed by atoms with van der Waals surface area (Å²) < 4.78 is 12.3. The smallest absolute Gasteiger partial charge is 0.246 e. The summed E-state index contributed by atoms with van der Waals surface area (Å²) >= 11 is 0. The first kappa shape index (κ1) is 12.8. The number of hydrogen-bond acceptors (Lipinski definition) is 2. The quantitative estimate of drug-likeness (QED) is 0.782. The van der Waals surface area contributed by atoms with Crippen LogP contribution in [0.4, 0.5) is 0 Å². The first-order valence-electron chi connectivity index (χ1n) is 5.64. The Balaban J connectivity index is 2.32. The molecule has 1 aliphatic heterocycles. The van der Waals surface area contributed by atoms with Gasteiger partial charge in [0.25, 0.3) is 0 Å². The lowest BCUT2D eigenvalue weighted by molar-refractivity contribution is -0.124. The predicted molar refractivity (Wildman–Crippen MR) is 73.3 cm³/mol. The molecule has 4 heteroatoms. The first-order chi connectivity index (χ1) is 8.56. The van der Waals surface area contributed by atoms with Crippen LogP contribution in [0.1, 0.15) is 12.5 Å². The standard InChI is InChI=1S/C14H15NO2S/c1-4-14(16)15(3)9-13-10(2)11-7-5-6-8-12(11)18(13)17/h4-8H,1,9H2,2-3H3. The summed E-state index contributed by atoms with van der Waals surface area (Å²) in [7, 11) is 0.532. The topological polar surface area (TPSA) is 37.4 Å². The fourth-order valence-corrected chi connectivity index (χ4v) is 3.57. The molecule has 0 aromatic heterocycles. The van der Waals surface area contributed by atoms with E-state index in [0.29, 0.717) is 6.54 Å². The zero-order valence-corrected chi connectivity index (χ0v) is 11.3. The molecule has 0 N–H and O–H groups in total. The van der Waals surface area contributed by atoms with Crippen molar-refractivity contribution in [3.63, 3.8) is 0 Å². The SMILES string of the molecule is C=CC(=O)N(C)CC1=C(C)c2ccccc2S1=O. The van der Waals surface area contributed by atoms with Crippen LogP contribution in [0.5, 0.6) is 0 Å². The van der Waals surface area contributed by atoms with Crippen molar-refractivity contribution in [3.8, 4) is 0 Å². The number of rotatable bonds is 3. The maximum Gasteiger partial charge on any atom is 0.246 e. The molecule has 0 bridgehead atoms. The molecule has 1 aromatic rings. The highest BCUT2D eigenvalue weighted by Gasteiger charge is 2.26. The van der Waals surface area contributed by atoms with Crippen LogP contribution in [-0.4, -0.2) is 28.6 Å². The monoisotopic (exact) mass is 261 g/mol. The molecule has 1 atom stereocenters. The van der Waals surface area contributed by atoms with Gasteiger partial charge in [0.2, 0.25) is 5.91 Å². The van der Waals surface area contributed by atoms with E-state index in [1.165, 1.54) is 11.0 Å². The third-order valence-electron chi connectivity index (χ3n) is 3.06.